The first-order valence-electron chi connectivity index (χ1n) is 9.58. The molecule has 1 fully saturated rings. The van der Waals surface area contributed by atoms with Crippen LogP contribution < -0.4 is 14.4 Å². The molecular formula is C22H23N3O4. The Morgan fingerprint density at radius 1 is 1.14 bits per heavy atom. The minimum Gasteiger partial charge on any atom is -0.493 e. The van der Waals surface area contributed by atoms with Crippen LogP contribution in [0.1, 0.15) is 30.7 Å². The predicted octanol–water partition coefficient (Wildman–Crippen LogP) is 3.84. The zero-order valence-electron chi connectivity index (χ0n) is 16.7. The van der Waals surface area contributed by atoms with Crippen LogP contribution in [0.4, 0.5) is 5.69 Å². The number of amides is 1. The molecule has 0 unspecified atom stereocenters. The number of anilines is 1. The molecule has 7 nitrogen and oxygen atoms in total. The van der Waals surface area contributed by atoms with Crippen molar-refractivity contribution in [2.75, 3.05) is 25.7 Å². The summed E-state index contributed by atoms with van der Waals surface area (Å²) in [7, 11) is 3.15. The number of benzene rings is 2. The van der Waals surface area contributed by atoms with Gasteiger partial charge >= 0.3 is 0 Å². The molecule has 1 saturated heterocycles. The van der Waals surface area contributed by atoms with E-state index < -0.39 is 0 Å². The van der Waals surface area contributed by atoms with Gasteiger partial charge in [0.15, 0.2) is 11.5 Å². The third-order valence-electron chi connectivity index (χ3n) is 5.22. The topological polar surface area (TPSA) is 77.7 Å². The van der Waals surface area contributed by atoms with Crippen molar-refractivity contribution in [1.29, 1.82) is 0 Å². The van der Waals surface area contributed by atoms with Gasteiger partial charge < -0.3 is 18.9 Å². The lowest BCUT2D eigenvalue weighted by Crippen LogP contribution is -2.24. The fourth-order valence-corrected chi connectivity index (χ4v) is 3.61. The molecule has 0 aliphatic carbocycles. The van der Waals surface area contributed by atoms with Gasteiger partial charge in [-0.3, -0.25) is 4.79 Å². The van der Waals surface area contributed by atoms with E-state index in [1.807, 2.05) is 24.3 Å². The molecule has 0 radical (unpaired) electrons. The standard InChI is InChI=1S/C22H23N3O4/c1-4-14-8-10-16(11-9-14)25-13-15(12-19(25)26)22-23-21(24-29-22)17-6-5-7-18(27-2)20(17)28-3/h5-11,15H,4,12-13H2,1-3H3/t15-/m1/s1. The minimum absolute atomic E-state index is 0.0537. The molecule has 1 aromatic heterocycles. The van der Waals surface area contributed by atoms with Crippen LogP contribution in [-0.2, 0) is 11.2 Å². The predicted molar refractivity (Wildman–Crippen MR) is 108 cm³/mol. The van der Waals surface area contributed by atoms with E-state index in [0.29, 0.717) is 41.7 Å². The number of rotatable bonds is 6. The number of aryl methyl sites for hydroxylation is 1. The van der Waals surface area contributed by atoms with Gasteiger partial charge in [0.25, 0.3) is 0 Å². The van der Waals surface area contributed by atoms with Crippen molar-refractivity contribution in [3.63, 3.8) is 0 Å². The van der Waals surface area contributed by atoms with Crippen molar-refractivity contribution in [2.24, 2.45) is 0 Å². The highest BCUT2D eigenvalue weighted by Gasteiger charge is 2.35. The fourth-order valence-electron chi connectivity index (χ4n) is 3.61. The van der Waals surface area contributed by atoms with Gasteiger partial charge in [-0.25, -0.2) is 0 Å². The van der Waals surface area contributed by atoms with Crippen LogP contribution in [0.15, 0.2) is 47.0 Å². The summed E-state index contributed by atoms with van der Waals surface area (Å²) in [6, 6.07) is 13.6. The van der Waals surface area contributed by atoms with Gasteiger partial charge in [-0.1, -0.05) is 30.3 Å². The summed E-state index contributed by atoms with van der Waals surface area (Å²) in [5.41, 5.74) is 2.81. The molecule has 2 heterocycles. The first-order chi connectivity index (χ1) is 14.1. The Kier molecular flexibility index (Phi) is 5.20. The zero-order valence-corrected chi connectivity index (χ0v) is 16.7. The summed E-state index contributed by atoms with van der Waals surface area (Å²) < 4.78 is 16.3. The molecule has 150 valence electrons. The summed E-state index contributed by atoms with van der Waals surface area (Å²) in [5.74, 6) is 1.90. The van der Waals surface area contributed by atoms with Gasteiger partial charge in [0.1, 0.15) is 0 Å². The van der Waals surface area contributed by atoms with Crippen LogP contribution in [0, 0.1) is 0 Å². The monoisotopic (exact) mass is 393 g/mol. The number of methoxy groups -OCH3 is 2. The van der Waals surface area contributed by atoms with Gasteiger partial charge in [0, 0.05) is 18.7 Å². The molecule has 0 spiro atoms. The Balaban J connectivity index is 1.57. The van der Waals surface area contributed by atoms with Gasteiger partial charge in [-0.05, 0) is 36.2 Å². The molecular weight excluding hydrogens is 370 g/mol. The maximum Gasteiger partial charge on any atom is 0.232 e. The van der Waals surface area contributed by atoms with Crippen molar-refractivity contribution in [1.82, 2.24) is 10.1 Å². The van der Waals surface area contributed by atoms with Crippen molar-refractivity contribution in [2.45, 2.75) is 25.7 Å². The molecule has 29 heavy (non-hydrogen) atoms. The van der Waals surface area contributed by atoms with E-state index in [1.54, 1.807) is 25.2 Å². The second kappa shape index (κ2) is 7.95. The molecule has 0 saturated carbocycles. The average molecular weight is 393 g/mol. The number of nitrogens with zero attached hydrogens (tertiary/aromatic N) is 3. The number of aromatic nitrogens is 2. The zero-order chi connectivity index (χ0) is 20.4. The van der Waals surface area contributed by atoms with Crippen LogP contribution >= 0.6 is 0 Å². The van der Waals surface area contributed by atoms with Crippen molar-refractivity contribution in [3.8, 4) is 22.9 Å². The lowest BCUT2D eigenvalue weighted by atomic mass is 10.1. The third kappa shape index (κ3) is 3.55. The minimum atomic E-state index is -0.147. The second-order valence-corrected chi connectivity index (χ2v) is 6.92. The number of ether oxygens (including phenoxy) is 2. The first kappa shape index (κ1) is 19.0. The van der Waals surface area contributed by atoms with E-state index >= 15 is 0 Å². The molecule has 1 amide bonds. The Morgan fingerprint density at radius 2 is 1.93 bits per heavy atom. The molecule has 1 aliphatic rings. The summed E-state index contributed by atoms with van der Waals surface area (Å²) in [6.45, 7) is 2.62. The van der Waals surface area contributed by atoms with Gasteiger partial charge in [0.2, 0.25) is 17.6 Å². The Morgan fingerprint density at radius 3 is 2.62 bits per heavy atom. The highest BCUT2D eigenvalue weighted by atomic mass is 16.5. The highest BCUT2D eigenvalue weighted by Crippen LogP contribution is 2.38. The quantitative estimate of drug-likeness (QED) is 0.633. The lowest BCUT2D eigenvalue weighted by molar-refractivity contribution is -0.117. The normalized spacial score (nSPS) is 16.3. The first-order valence-corrected chi connectivity index (χ1v) is 9.58. The van der Waals surface area contributed by atoms with Crippen LogP contribution in [-0.4, -0.2) is 36.8 Å². The average Bonchev–Trinajstić information content (AvgIpc) is 3.40. The number of carbonyl (C=O) groups excluding carboxylic acids is 1. The molecule has 3 aromatic rings. The van der Waals surface area contributed by atoms with Crippen LogP contribution in [0.25, 0.3) is 11.4 Å². The maximum atomic E-state index is 12.6. The molecule has 1 aliphatic heterocycles. The third-order valence-corrected chi connectivity index (χ3v) is 5.22. The molecule has 2 aromatic carbocycles. The Hall–Kier alpha value is -3.35. The number of hydrogen-bond acceptors (Lipinski definition) is 6. The Bertz CT molecular complexity index is 1010. The van der Waals surface area contributed by atoms with Crippen molar-refractivity contribution >= 4 is 11.6 Å². The van der Waals surface area contributed by atoms with Gasteiger partial charge in [-0.2, -0.15) is 4.98 Å². The van der Waals surface area contributed by atoms with Gasteiger partial charge in [-0.15, -0.1) is 0 Å². The molecule has 4 rings (SSSR count). The molecule has 0 N–H and O–H groups in total. The fraction of sp³-hybridized carbons (Fsp3) is 0.318. The van der Waals surface area contributed by atoms with Crippen molar-refractivity contribution < 1.29 is 18.8 Å². The van der Waals surface area contributed by atoms with Gasteiger partial charge in [0.05, 0.1) is 25.7 Å². The molecule has 1 atom stereocenters. The smallest absolute Gasteiger partial charge is 0.232 e. The maximum absolute atomic E-state index is 12.6. The van der Waals surface area contributed by atoms with E-state index in [1.165, 1.54) is 5.56 Å². The molecule has 0 bridgehead atoms. The van der Waals surface area contributed by atoms with E-state index in [9.17, 15) is 4.79 Å². The lowest BCUT2D eigenvalue weighted by Gasteiger charge is -2.16. The van der Waals surface area contributed by atoms with E-state index in [0.717, 1.165) is 12.1 Å². The largest absolute Gasteiger partial charge is 0.493 e. The van der Waals surface area contributed by atoms with Crippen LogP contribution in [0.3, 0.4) is 0 Å². The summed E-state index contributed by atoms with van der Waals surface area (Å²) in [4.78, 5) is 18.9. The van der Waals surface area contributed by atoms with E-state index in [2.05, 4.69) is 29.2 Å². The molecule has 7 heteroatoms. The summed E-state index contributed by atoms with van der Waals surface area (Å²) in [5, 5.41) is 4.11. The highest BCUT2D eigenvalue weighted by molar-refractivity contribution is 5.96. The SMILES string of the molecule is CCc1ccc(N2C[C@H](c3nc(-c4cccc(OC)c4OC)no3)CC2=O)cc1. The summed E-state index contributed by atoms with van der Waals surface area (Å²) in [6.07, 6.45) is 1.31. The Labute approximate surface area is 169 Å². The number of hydrogen-bond donors (Lipinski definition) is 0. The van der Waals surface area contributed by atoms with Crippen molar-refractivity contribution in [3.05, 3.63) is 53.9 Å². The van der Waals surface area contributed by atoms with E-state index in [4.69, 9.17) is 14.0 Å². The van der Waals surface area contributed by atoms with E-state index in [-0.39, 0.29) is 11.8 Å². The second-order valence-electron chi connectivity index (χ2n) is 6.92. The number of carbonyl (C=O) groups is 1. The number of para-hydroxylation sites is 1. The summed E-state index contributed by atoms with van der Waals surface area (Å²) >= 11 is 0. The van der Waals surface area contributed by atoms with Crippen LogP contribution in [0.2, 0.25) is 0 Å². The van der Waals surface area contributed by atoms with Crippen LogP contribution in [0.5, 0.6) is 11.5 Å².